The van der Waals surface area contributed by atoms with Gasteiger partial charge in [0, 0.05) is 25.2 Å². The minimum atomic E-state index is -3.94. The number of nitrogens with zero attached hydrogens (tertiary/aromatic N) is 3. The molecule has 0 bridgehead atoms. The molecule has 0 aliphatic carbocycles. The van der Waals surface area contributed by atoms with E-state index in [1.54, 1.807) is 19.9 Å². The Bertz CT molecular complexity index is 1240. The van der Waals surface area contributed by atoms with Crippen LogP contribution in [0.5, 0.6) is 0 Å². The van der Waals surface area contributed by atoms with Crippen LogP contribution in [0.3, 0.4) is 0 Å². The first kappa shape index (κ1) is 25.7. The van der Waals surface area contributed by atoms with Crippen molar-refractivity contribution in [1.29, 1.82) is 5.26 Å². The maximum Gasteiger partial charge on any atom is 0.338 e. The van der Waals surface area contributed by atoms with E-state index in [9.17, 15) is 28.1 Å². The number of anilines is 1. The minimum absolute atomic E-state index is 0.00300. The zero-order valence-corrected chi connectivity index (χ0v) is 19.1. The van der Waals surface area contributed by atoms with E-state index in [4.69, 9.17) is 21.6 Å². The number of hydrogen-bond acceptors (Lipinski definition) is 8. The van der Waals surface area contributed by atoms with Gasteiger partial charge in [0.25, 0.3) is 11.6 Å². The number of non-ortho nitro benzene ring substituents is 1. The topological polar surface area (TPSA) is 160 Å². The van der Waals surface area contributed by atoms with Crippen LogP contribution >= 0.6 is 11.6 Å². The third-order valence-corrected chi connectivity index (χ3v) is 6.96. The number of nitrogens with one attached hydrogen (secondary N) is 1. The van der Waals surface area contributed by atoms with E-state index in [0.717, 1.165) is 18.2 Å². The molecule has 0 radical (unpaired) electrons. The zero-order chi connectivity index (χ0) is 24.8. The van der Waals surface area contributed by atoms with Crippen molar-refractivity contribution >= 4 is 44.9 Å². The summed E-state index contributed by atoms with van der Waals surface area (Å²) in [6, 6.07) is 8.58. The number of nitro groups is 1. The predicted octanol–water partition coefficient (Wildman–Crippen LogP) is 2.95. The predicted molar refractivity (Wildman–Crippen MR) is 118 cm³/mol. The summed E-state index contributed by atoms with van der Waals surface area (Å²) in [4.78, 5) is 34.3. The zero-order valence-electron chi connectivity index (χ0n) is 17.6. The third-order valence-electron chi connectivity index (χ3n) is 4.43. The lowest BCUT2D eigenvalue weighted by Gasteiger charge is -2.19. The monoisotopic (exact) mass is 494 g/mol. The lowest BCUT2D eigenvalue weighted by molar-refractivity contribution is -0.384. The second kappa shape index (κ2) is 10.9. The first-order chi connectivity index (χ1) is 15.5. The molecule has 0 atom stereocenters. The van der Waals surface area contributed by atoms with Crippen molar-refractivity contribution in [2.45, 2.75) is 18.7 Å². The molecular formula is C20H19ClN4O7S. The number of benzene rings is 2. The fourth-order valence-electron chi connectivity index (χ4n) is 2.78. The first-order valence-electron chi connectivity index (χ1n) is 9.50. The maximum absolute atomic E-state index is 12.7. The van der Waals surface area contributed by atoms with Gasteiger partial charge in [-0.15, -0.1) is 0 Å². The molecule has 2 rings (SSSR count). The molecule has 13 heteroatoms. The summed E-state index contributed by atoms with van der Waals surface area (Å²) in [6.45, 7) is 2.98. The lowest BCUT2D eigenvalue weighted by atomic mass is 10.1. The van der Waals surface area contributed by atoms with Crippen molar-refractivity contribution in [3.63, 3.8) is 0 Å². The molecule has 0 aromatic heterocycles. The first-order valence-corrected chi connectivity index (χ1v) is 11.3. The number of halogens is 1. The second-order valence-corrected chi connectivity index (χ2v) is 8.77. The molecule has 0 spiro atoms. The molecule has 0 saturated heterocycles. The van der Waals surface area contributed by atoms with Crippen LogP contribution in [0, 0.1) is 21.4 Å². The van der Waals surface area contributed by atoms with Crippen LogP contribution in [0.25, 0.3) is 0 Å². The highest BCUT2D eigenvalue weighted by molar-refractivity contribution is 7.89. The SMILES string of the molecule is CCN(CC)S(=O)(=O)c1cc(C(=O)OCC(=O)Nc2ccc([N+](=O)[O-])cc2C#N)ccc1Cl. The number of nitriles is 1. The Labute approximate surface area is 194 Å². The van der Waals surface area contributed by atoms with Gasteiger partial charge in [-0.05, 0) is 24.3 Å². The summed E-state index contributed by atoms with van der Waals surface area (Å²) < 4.78 is 31.6. The van der Waals surface area contributed by atoms with Gasteiger partial charge in [-0.2, -0.15) is 9.57 Å². The van der Waals surface area contributed by atoms with Gasteiger partial charge < -0.3 is 10.1 Å². The number of esters is 1. The van der Waals surface area contributed by atoms with E-state index < -0.39 is 33.4 Å². The Balaban J connectivity index is 2.13. The van der Waals surface area contributed by atoms with Crippen LogP contribution in [0.15, 0.2) is 41.3 Å². The van der Waals surface area contributed by atoms with Gasteiger partial charge in [0.1, 0.15) is 11.0 Å². The molecule has 0 aliphatic rings. The van der Waals surface area contributed by atoms with Crippen LogP contribution in [0.1, 0.15) is 29.8 Å². The Morgan fingerprint density at radius 2 is 1.88 bits per heavy atom. The van der Waals surface area contributed by atoms with Crippen LogP contribution in [0.4, 0.5) is 11.4 Å². The smallest absolute Gasteiger partial charge is 0.338 e. The van der Waals surface area contributed by atoms with E-state index in [0.29, 0.717) is 0 Å². The molecule has 174 valence electrons. The van der Waals surface area contributed by atoms with E-state index >= 15 is 0 Å². The average molecular weight is 495 g/mol. The molecule has 2 aromatic carbocycles. The molecule has 11 nitrogen and oxygen atoms in total. The van der Waals surface area contributed by atoms with Crippen LogP contribution < -0.4 is 5.32 Å². The number of sulfonamides is 1. The highest BCUT2D eigenvalue weighted by Crippen LogP contribution is 2.26. The summed E-state index contributed by atoms with van der Waals surface area (Å²) >= 11 is 6.03. The summed E-state index contributed by atoms with van der Waals surface area (Å²) in [5, 5.41) is 22.2. The molecule has 2 aromatic rings. The molecule has 33 heavy (non-hydrogen) atoms. The number of ether oxygens (including phenoxy) is 1. The Morgan fingerprint density at radius 3 is 2.45 bits per heavy atom. The van der Waals surface area contributed by atoms with Gasteiger partial charge >= 0.3 is 5.97 Å². The molecule has 0 unspecified atom stereocenters. The number of hydrogen-bond donors (Lipinski definition) is 1. The highest BCUT2D eigenvalue weighted by atomic mass is 35.5. The van der Waals surface area contributed by atoms with Gasteiger partial charge in [-0.3, -0.25) is 14.9 Å². The Hall–Kier alpha value is -3.53. The van der Waals surface area contributed by atoms with Gasteiger partial charge in [0.05, 0.1) is 26.8 Å². The van der Waals surface area contributed by atoms with Gasteiger partial charge in [0.2, 0.25) is 10.0 Å². The van der Waals surface area contributed by atoms with Crippen molar-refractivity contribution in [3.8, 4) is 6.07 Å². The van der Waals surface area contributed by atoms with E-state index in [1.807, 2.05) is 0 Å². The van der Waals surface area contributed by atoms with Crippen LogP contribution in [-0.2, 0) is 19.6 Å². The summed E-state index contributed by atoms with van der Waals surface area (Å²) in [7, 11) is -3.94. The number of nitro benzene ring substituents is 1. The van der Waals surface area contributed by atoms with Crippen LogP contribution in [0.2, 0.25) is 5.02 Å². The van der Waals surface area contributed by atoms with Crippen molar-refractivity contribution in [3.05, 3.63) is 62.7 Å². The molecule has 0 fully saturated rings. The Morgan fingerprint density at radius 1 is 1.21 bits per heavy atom. The molecule has 0 saturated carbocycles. The molecular weight excluding hydrogens is 476 g/mol. The fraction of sp³-hybridized carbons (Fsp3) is 0.250. The lowest BCUT2D eigenvalue weighted by Crippen LogP contribution is -2.31. The molecule has 1 N–H and O–H groups in total. The summed E-state index contributed by atoms with van der Waals surface area (Å²) in [6.07, 6.45) is 0. The van der Waals surface area contributed by atoms with Crippen molar-refractivity contribution in [2.75, 3.05) is 25.0 Å². The van der Waals surface area contributed by atoms with Gasteiger partial charge in [-0.1, -0.05) is 25.4 Å². The van der Waals surface area contributed by atoms with Crippen molar-refractivity contribution in [1.82, 2.24) is 4.31 Å². The quantitative estimate of drug-likeness (QED) is 0.316. The minimum Gasteiger partial charge on any atom is -0.452 e. The summed E-state index contributed by atoms with van der Waals surface area (Å²) in [5.41, 5.74) is -0.601. The fourth-order valence-corrected chi connectivity index (χ4v) is 4.74. The largest absolute Gasteiger partial charge is 0.452 e. The molecule has 0 aliphatic heterocycles. The van der Waals surface area contributed by atoms with Gasteiger partial charge in [-0.25, -0.2) is 13.2 Å². The summed E-state index contributed by atoms with van der Waals surface area (Å²) in [5.74, 6) is -1.78. The number of rotatable bonds is 9. The van der Waals surface area contributed by atoms with E-state index in [-0.39, 0.29) is 45.5 Å². The number of amides is 1. The number of carbonyl (C=O) groups excluding carboxylic acids is 2. The highest BCUT2D eigenvalue weighted by Gasteiger charge is 2.26. The number of carbonyl (C=O) groups is 2. The molecule has 0 heterocycles. The average Bonchev–Trinajstić information content (AvgIpc) is 2.78. The Kier molecular flexibility index (Phi) is 8.47. The molecule has 1 amide bonds. The normalized spacial score (nSPS) is 11.0. The van der Waals surface area contributed by atoms with Crippen molar-refractivity contribution in [2.24, 2.45) is 0 Å². The maximum atomic E-state index is 12.7. The second-order valence-electron chi connectivity index (χ2n) is 6.46. The van der Waals surface area contributed by atoms with Gasteiger partial charge in [0.15, 0.2) is 6.61 Å². The standard InChI is InChI=1S/C20H19ClN4O7S/c1-3-24(4-2)33(30,31)18-10-13(5-7-16(18)21)20(27)32-12-19(26)23-17-8-6-15(25(28)29)9-14(17)11-22/h5-10H,3-4,12H2,1-2H3,(H,23,26). The van der Waals surface area contributed by atoms with Crippen molar-refractivity contribution < 1.29 is 27.7 Å². The van der Waals surface area contributed by atoms with Crippen LogP contribution in [-0.4, -0.2) is 49.2 Å². The third kappa shape index (κ3) is 6.04. The van der Waals surface area contributed by atoms with E-state index in [2.05, 4.69) is 5.32 Å². The van der Waals surface area contributed by atoms with E-state index in [1.165, 1.54) is 22.5 Å².